The lowest BCUT2D eigenvalue weighted by molar-refractivity contribution is -0.136. The molecule has 0 fully saturated rings. The minimum atomic E-state index is -0.464. The molecular formula is C16H18BrNO5. The Hall–Kier alpha value is -2.02. The van der Waals surface area contributed by atoms with Gasteiger partial charge in [0.1, 0.15) is 0 Å². The van der Waals surface area contributed by atoms with E-state index >= 15 is 0 Å². The topological polar surface area (TPSA) is 73.9 Å². The monoisotopic (exact) mass is 383 g/mol. The molecule has 7 heteroatoms. The predicted octanol–water partition coefficient (Wildman–Crippen LogP) is 2.52. The van der Waals surface area contributed by atoms with Gasteiger partial charge in [-0.15, -0.1) is 0 Å². The van der Waals surface area contributed by atoms with Gasteiger partial charge in [-0.2, -0.15) is 0 Å². The molecule has 0 spiro atoms. The van der Waals surface area contributed by atoms with E-state index in [2.05, 4.69) is 21.2 Å². The minimum Gasteiger partial charge on any atom is -0.493 e. The highest BCUT2D eigenvalue weighted by molar-refractivity contribution is 9.10. The Kier molecular flexibility index (Phi) is 5.30. The van der Waals surface area contributed by atoms with Crippen LogP contribution >= 0.6 is 15.9 Å². The van der Waals surface area contributed by atoms with Crippen molar-refractivity contribution in [2.45, 2.75) is 19.3 Å². The molecule has 1 aromatic rings. The van der Waals surface area contributed by atoms with Crippen LogP contribution in [0, 0.1) is 0 Å². The number of hydrogen-bond donors (Lipinski definition) is 1. The zero-order valence-electron chi connectivity index (χ0n) is 13.4. The summed E-state index contributed by atoms with van der Waals surface area (Å²) in [6.07, 6.45) is 0.149. The maximum atomic E-state index is 12.2. The second-order valence-corrected chi connectivity index (χ2v) is 5.92. The molecule has 0 radical (unpaired) electrons. The number of allylic oxidation sites excluding steroid dienone is 1. The van der Waals surface area contributed by atoms with Crippen molar-refractivity contribution in [2.75, 3.05) is 21.3 Å². The summed E-state index contributed by atoms with van der Waals surface area (Å²) in [6.45, 7) is 1.69. The molecule has 1 aliphatic heterocycles. The van der Waals surface area contributed by atoms with Gasteiger partial charge in [-0.1, -0.05) is 15.9 Å². The van der Waals surface area contributed by atoms with Crippen molar-refractivity contribution in [3.8, 4) is 11.5 Å². The summed E-state index contributed by atoms with van der Waals surface area (Å²) in [5.41, 5.74) is 1.69. The van der Waals surface area contributed by atoms with E-state index < -0.39 is 11.9 Å². The third-order valence-corrected chi connectivity index (χ3v) is 4.44. The van der Waals surface area contributed by atoms with Crippen LogP contribution in [0.3, 0.4) is 0 Å². The molecule has 1 heterocycles. The zero-order chi connectivity index (χ0) is 17.1. The lowest BCUT2D eigenvalue weighted by Crippen LogP contribution is -2.34. The Morgan fingerprint density at radius 3 is 2.39 bits per heavy atom. The molecular weight excluding hydrogens is 366 g/mol. The van der Waals surface area contributed by atoms with Gasteiger partial charge in [-0.05, 0) is 24.6 Å². The number of rotatable bonds is 4. The SMILES string of the molecule is COC(=O)C1=C(C)NC(=O)C[C@H]1c1cc(OC)c(OC)cc1Br. The second kappa shape index (κ2) is 7.04. The Morgan fingerprint density at radius 1 is 1.22 bits per heavy atom. The summed E-state index contributed by atoms with van der Waals surface area (Å²) < 4.78 is 16.2. The highest BCUT2D eigenvalue weighted by atomic mass is 79.9. The molecule has 6 nitrogen and oxygen atoms in total. The predicted molar refractivity (Wildman–Crippen MR) is 87.5 cm³/mol. The van der Waals surface area contributed by atoms with Gasteiger partial charge in [0.05, 0.1) is 26.9 Å². The molecule has 0 aromatic heterocycles. The van der Waals surface area contributed by atoms with Crippen molar-refractivity contribution in [2.24, 2.45) is 0 Å². The van der Waals surface area contributed by atoms with E-state index in [9.17, 15) is 9.59 Å². The third-order valence-electron chi connectivity index (χ3n) is 3.75. The highest BCUT2D eigenvalue weighted by Crippen LogP contribution is 2.42. The number of nitrogens with one attached hydrogen (secondary N) is 1. The van der Waals surface area contributed by atoms with Crippen molar-refractivity contribution in [1.29, 1.82) is 0 Å². The summed E-state index contributed by atoms with van der Waals surface area (Å²) in [6, 6.07) is 3.52. The number of amides is 1. The summed E-state index contributed by atoms with van der Waals surface area (Å²) in [4.78, 5) is 24.1. The Bertz CT molecular complexity index is 683. The number of carbonyl (C=O) groups excluding carboxylic acids is 2. The standard InChI is InChI=1S/C16H18BrNO5/c1-8-15(16(20)23-4)10(6-14(19)18-8)9-5-12(21-2)13(22-3)7-11(9)17/h5,7,10H,6H2,1-4H3,(H,18,19)/t10-/m0/s1. The maximum Gasteiger partial charge on any atom is 0.336 e. The molecule has 124 valence electrons. The summed E-state index contributed by atoms with van der Waals surface area (Å²) >= 11 is 3.48. The van der Waals surface area contributed by atoms with Crippen molar-refractivity contribution >= 4 is 27.8 Å². The Balaban J connectivity index is 2.60. The number of esters is 1. The molecule has 1 aromatic carbocycles. The number of halogens is 1. The maximum absolute atomic E-state index is 12.2. The van der Waals surface area contributed by atoms with Crippen LogP contribution < -0.4 is 14.8 Å². The summed E-state index contributed by atoms with van der Waals surface area (Å²) in [5.74, 6) is 0.0451. The van der Waals surface area contributed by atoms with E-state index in [-0.39, 0.29) is 12.3 Å². The molecule has 1 amide bonds. The Morgan fingerprint density at radius 2 is 1.83 bits per heavy atom. The average molecular weight is 384 g/mol. The first-order valence-electron chi connectivity index (χ1n) is 6.93. The molecule has 0 saturated heterocycles. The van der Waals surface area contributed by atoms with Crippen molar-refractivity contribution in [3.63, 3.8) is 0 Å². The third kappa shape index (κ3) is 3.34. The number of carbonyl (C=O) groups is 2. The lowest BCUT2D eigenvalue weighted by atomic mass is 9.84. The van der Waals surface area contributed by atoms with Crippen LogP contribution in [-0.2, 0) is 14.3 Å². The van der Waals surface area contributed by atoms with Gasteiger partial charge in [0, 0.05) is 22.5 Å². The summed E-state index contributed by atoms with van der Waals surface area (Å²) in [5, 5.41) is 2.68. The lowest BCUT2D eigenvalue weighted by Gasteiger charge is -2.27. The number of benzene rings is 1. The van der Waals surface area contributed by atoms with Gasteiger partial charge in [0.15, 0.2) is 11.5 Å². The van der Waals surface area contributed by atoms with Gasteiger partial charge in [-0.3, -0.25) is 4.79 Å². The quantitative estimate of drug-likeness (QED) is 0.808. The average Bonchev–Trinajstić information content (AvgIpc) is 2.53. The number of ether oxygens (including phenoxy) is 3. The van der Waals surface area contributed by atoms with Crippen LogP contribution in [0.25, 0.3) is 0 Å². The fourth-order valence-electron chi connectivity index (χ4n) is 2.68. The van der Waals surface area contributed by atoms with E-state index in [1.54, 1.807) is 26.2 Å². The van der Waals surface area contributed by atoms with Crippen molar-refractivity contribution in [3.05, 3.63) is 33.4 Å². The highest BCUT2D eigenvalue weighted by Gasteiger charge is 2.34. The van der Waals surface area contributed by atoms with Crippen LogP contribution in [-0.4, -0.2) is 33.2 Å². The van der Waals surface area contributed by atoms with Crippen LogP contribution in [0.1, 0.15) is 24.8 Å². The second-order valence-electron chi connectivity index (χ2n) is 5.06. The van der Waals surface area contributed by atoms with Gasteiger partial charge >= 0.3 is 5.97 Å². The molecule has 1 N–H and O–H groups in total. The molecule has 1 atom stereocenters. The van der Waals surface area contributed by atoms with Crippen LogP contribution in [0.2, 0.25) is 0 Å². The molecule has 2 rings (SSSR count). The fraction of sp³-hybridized carbons (Fsp3) is 0.375. The normalized spacial score (nSPS) is 17.6. The molecule has 0 bridgehead atoms. The molecule has 0 aliphatic carbocycles. The van der Waals surface area contributed by atoms with E-state index in [0.29, 0.717) is 22.8 Å². The summed E-state index contributed by atoms with van der Waals surface area (Å²) in [7, 11) is 4.40. The number of hydrogen-bond acceptors (Lipinski definition) is 5. The zero-order valence-corrected chi connectivity index (χ0v) is 14.9. The van der Waals surface area contributed by atoms with E-state index in [4.69, 9.17) is 14.2 Å². The van der Waals surface area contributed by atoms with Crippen LogP contribution in [0.15, 0.2) is 27.9 Å². The van der Waals surface area contributed by atoms with E-state index in [1.807, 2.05) is 0 Å². The van der Waals surface area contributed by atoms with Crippen molar-refractivity contribution < 1.29 is 23.8 Å². The van der Waals surface area contributed by atoms with Gasteiger partial charge < -0.3 is 19.5 Å². The van der Waals surface area contributed by atoms with Crippen LogP contribution in [0.5, 0.6) is 11.5 Å². The first-order valence-corrected chi connectivity index (χ1v) is 7.72. The number of methoxy groups -OCH3 is 3. The van der Waals surface area contributed by atoms with Crippen molar-refractivity contribution in [1.82, 2.24) is 5.32 Å². The largest absolute Gasteiger partial charge is 0.493 e. The smallest absolute Gasteiger partial charge is 0.336 e. The first-order chi connectivity index (χ1) is 10.9. The van der Waals surface area contributed by atoms with E-state index in [0.717, 1.165) is 10.0 Å². The van der Waals surface area contributed by atoms with Crippen LogP contribution in [0.4, 0.5) is 0 Å². The van der Waals surface area contributed by atoms with E-state index in [1.165, 1.54) is 14.2 Å². The van der Waals surface area contributed by atoms with Gasteiger partial charge in [0.25, 0.3) is 0 Å². The van der Waals surface area contributed by atoms with Gasteiger partial charge in [0.2, 0.25) is 5.91 Å². The molecule has 1 aliphatic rings. The Labute approximate surface area is 142 Å². The molecule has 0 unspecified atom stereocenters. The van der Waals surface area contributed by atoms with Gasteiger partial charge in [-0.25, -0.2) is 4.79 Å². The molecule has 23 heavy (non-hydrogen) atoms. The first kappa shape index (κ1) is 17.3. The molecule has 0 saturated carbocycles. The minimum absolute atomic E-state index is 0.149. The fourth-order valence-corrected chi connectivity index (χ4v) is 3.28.